The van der Waals surface area contributed by atoms with Gasteiger partial charge in [-0.25, -0.2) is 0 Å². The normalized spacial score (nSPS) is 16.2. The number of aliphatic hydroxyl groups is 1. The number of anilines is 1. The molecular formula is C18H29Cl2N5O2. The number of hydrogen-bond donors (Lipinski definition) is 3. The standard InChI is InChI=1S/C18H27N5O2.2ClH/c19-16(12-14-4-2-1-3-5-14)17-21-22-18(25-17)20-8-11-23-9-6-15(13-24)7-10-23;;/h1-5,15-16,24H,6-13,19H2,(H,20,22);2*1H/t16-;;/m1../s1. The summed E-state index contributed by atoms with van der Waals surface area (Å²) in [7, 11) is 0. The molecule has 152 valence electrons. The van der Waals surface area contributed by atoms with Gasteiger partial charge in [-0.1, -0.05) is 35.4 Å². The molecule has 1 aromatic carbocycles. The van der Waals surface area contributed by atoms with E-state index in [1.54, 1.807) is 0 Å². The van der Waals surface area contributed by atoms with Crippen molar-refractivity contribution in [2.75, 3.05) is 38.1 Å². The van der Waals surface area contributed by atoms with E-state index in [0.29, 0.717) is 30.9 Å². The summed E-state index contributed by atoms with van der Waals surface area (Å²) in [6, 6.07) is 10.2. The van der Waals surface area contributed by atoms with Crippen molar-refractivity contribution in [1.29, 1.82) is 0 Å². The van der Waals surface area contributed by atoms with Gasteiger partial charge < -0.3 is 25.5 Å². The van der Waals surface area contributed by atoms with Crippen molar-refractivity contribution in [3.05, 3.63) is 41.8 Å². The zero-order chi connectivity index (χ0) is 17.5. The molecule has 2 aromatic rings. The highest BCUT2D eigenvalue weighted by atomic mass is 35.5. The van der Waals surface area contributed by atoms with Gasteiger partial charge in [-0.05, 0) is 43.8 Å². The van der Waals surface area contributed by atoms with E-state index in [9.17, 15) is 5.11 Å². The van der Waals surface area contributed by atoms with E-state index in [4.69, 9.17) is 10.2 Å². The predicted molar refractivity (Wildman–Crippen MR) is 111 cm³/mol. The van der Waals surface area contributed by atoms with Gasteiger partial charge in [-0.2, -0.15) is 0 Å². The fourth-order valence-corrected chi connectivity index (χ4v) is 3.12. The Balaban J connectivity index is 0.00000182. The zero-order valence-corrected chi connectivity index (χ0v) is 16.9. The summed E-state index contributed by atoms with van der Waals surface area (Å²) in [6.45, 7) is 4.04. The van der Waals surface area contributed by atoms with Gasteiger partial charge >= 0.3 is 6.01 Å². The molecular weight excluding hydrogens is 389 g/mol. The molecule has 0 aliphatic carbocycles. The number of nitrogens with zero attached hydrogens (tertiary/aromatic N) is 3. The van der Waals surface area contributed by atoms with Crippen LogP contribution < -0.4 is 11.1 Å². The van der Waals surface area contributed by atoms with E-state index in [2.05, 4.69) is 20.4 Å². The number of aromatic nitrogens is 2. The van der Waals surface area contributed by atoms with E-state index in [-0.39, 0.29) is 30.9 Å². The van der Waals surface area contributed by atoms with E-state index in [1.165, 1.54) is 0 Å². The Bertz CT molecular complexity index is 636. The van der Waals surface area contributed by atoms with Crippen LogP contribution in [0.5, 0.6) is 0 Å². The van der Waals surface area contributed by atoms with Gasteiger partial charge in [0.05, 0.1) is 6.04 Å². The first-order chi connectivity index (χ1) is 12.2. The Labute approximate surface area is 172 Å². The highest BCUT2D eigenvalue weighted by Crippen LogP contribution is 2.18. The van der Waals surface area contributed by atoms with Crippen LogP contribution in [0, 0.1) is 5.92 Å². The van der Waals surface area contributed by atoms with Crippen LogP contribution in [0.3, 0.4) is 0 Å². The number of halogens is 2. The maximum Gasteiger partial charge on any atom is 0.315 e. The topological polar surface area (TPSA) is 100 Å². The number of rotatable bonds is 8. The van der Waals surface area contributed by atoms with Gasteiger partial charge in [0.2, 0.25) is 5.89 Å². The highest BCUT2D eigenvalue weighted by molar-refractivity contribution is 5.85. The van der Waals surface area contributed by atoms with Gasteiger partial charge in [0.15, 0.2) is 0 Å². The van der Waals surface area contributed by atoms with Crippen LogP contribution in [0.25, 0.3) is 0 Å². The molecule has 0 saturated carbocycles. The van der Waals surface area contributed by atoms with Crippen LogP contribution in [0.4, 0.5) is 6.01 Å². The Morgan fingerprint density at radius 1 is 1.19 bits per heavy atom. The van der Waals surface area contributed by atoms with Crippen molar-refractivity contribution >= 4 is 30.8 Å². The fourth-order valence-electron chi connectivity index (χ4n) is 3.12. The Hall–Kier alpha value is -1.38. The van der Waals surface area contributed by atoms with Gasteiger partial charge in [0.25, 0.3) is 0 Å². The molecule has 2 heterocycles. The summed E-state index contributed by atoms with van der Waals surface area (Å²) >= 11 is 0. The predicted octanol–water partition coefficient (Wildman–Crippen LogP) is 2.27. The first-order valence-corrected chi connectivity index (χ1v) is 8.94. The number of aliphatic hydroxyl groups excluding tert-OH is 1. The van der Waals surface area contributed by atoms with Crippen LogP contribution in [0.2, 0.25) is 0 Å². The molecule has 3 rings (SSSR count). The molecule has 1 aliphatic rings. The number of nitrogens with one attached hydrogen (secondary N) is 1. The lowest BCUT2D eigenvalue weighted by atomic mass is 9.98. The molecule has 1 atom stereocenters. The smallest absolute Gasteiger partial charge is 0.315 e. The number of likely N-dealkylation sites (tertiary alicyclic amines) is 1. The lowest BCUT2D eigenvalue weighted by molar-refractivity contribution is 0.134. The second-order valence-electron chi connectivity index (χ2n) is 6.64. The van der Waals surface area contributed by atoms with Crippen molar-refractivity contribution in [3.8, 4) is 0 Å². The Kier molecular flexibility index (Phi) is 10.6. The molecule has 1 aliphatic heterocycles. The molecule has 27 heavy (non-hydrogen) atoms. The summed E-state index contributed by atoms with van der Waals surface area (Å²) in [6.07, 6.45) is 2.80. The minimum absolute atomic E-state index is 0. The number of piperidine rings is 1. The van der Waals surface area contributed by atoms with Crippen molar-refractivity contribution in [2.45, 2.75) is 25.3 Å². The average Bonchev–Trinajstić information content (AvgIpc) is 3.12. The summed E-state index contributed by atoms with van der Waals surface area (Å²) < 4.78 is 5.63. The summed E-state index contributed by atoms with van der Waals surface area (Å²) in [5.41, 5.74) is 7.31. The third-order valence-corrected chi connectivity index (χ3v) is 4.73. The van der Waals surface area contributed by atoms with Crippen LogP contribution in [-0.4, -0.2) is 53.0 Å². The first-order valence-electron chi connectivity index (χ1n) is 8.94. The minimum Gasteiger partial charge on any atom is -0.406 e. The number of hydrogen-bond acceptors (Lipinski definition) is 7. The lowest BCUT2D eigenvalue weighted by Crippen LogP contribution is -2.37. The van der Waals surface area contributed by atoms with E-state index < -0.39 is 0 Å². The van der Waals surface area contributed by atoms with E-state index >= 15 is 0 Å². The molecule has 0 radical (unpaired) electrons. The van der Waals surface area contributed by atoms with Crippen LogP contribution in [0.15, 0.2) is 34.7 Å². The maximum atomic E-state index is 9.17. The maximum absolute atomic E-state index is 9.17. The first kappa shape index (κ1) is 23.7. The summed E-state index contributed by atoms with van der Waals surface area (Å²) in [4.78, 5) is 2.39. The third-order valence-electron chi connectivity index (χ3n) is 4.73. The fraction of sp³-hybridized carbons (Fsp3) is 0.556. The molecule has 7 nitrogen and oxygen atoms in total. The van der Waals surface area contributed by atoms with Crippen molar-refractivity contribution in [2.24, 2.45) is 11.7 Å². The molecule has 0 amide bonds. The Morgan fingerprint density at radius 3 is 2.56 bits per heavy atom. The molecule has 0 unspecified atom stereocenters. The lowest BCUT2D eigenvalue weighted by Gasteiger charge is -2.30. The van der Waals surface area contributed by atoms with Gasteiger partial charge in [0.1, 0.15) is 0 Å². The molecule has 1 saturated heterocycles. The van der Waals surface area contributed by atoms with Gasteiger partial charge in [-0.3, -0.25) is 0 Å². The van der Waals surface area contributed by atoms with Crippen molar-refractivity contribution in [3.63, 3.8) is 0 Å². The largest absolute Gasteiger partial charge is 0.406 e. The van der Waals surface area contributed by atoms with Gasteiger partial charge in [0, 0.05) is 19.7 Å². The molecule has 9 heteroatoms. The van der Waals surface area contributed by atoms with Crippen LogP contribution >= 0.6 is 24.8 Å². The monoisotopic (exact) mass is 417 g/mol. The summed E-state index contributed by atoms with van der Waals surface area (Å²) in [5.74, 6) is 0.920. The highest BCUT2D eigenvalue weighted by Gasteiger charge is 2.18. The number of benzene rings is 1. The van der Waals surface area contributed by atoms with E-state index in [0.717, 1.165) is 44.6 Å². The van der Waals surface area contributed by atoms with E-state index in [1.807, 2.05) is 30.3 Å². The molecule has 0 spiro atoms. The summed E-state index contributed by atoms with van der Waals surface area (Å²) in [5, 5.41) is 20.4. The average molecular weight is 418 g/mol. The molecule has 0 bridgehead atoms. The SMILES string of the molecule is Cl.Cl.N[C@H](Cc1ccccc1)c1nnc(NCCN2CCC(CO)CC2)o1. The molecule has 4 N–H and O–H groups in total. The minimum atomic E-state index is -0.303. The van der Waals surface area contributed by atoms with Crippen LogP contribution in [-0.2, 0) is 6.42 Å². The van der Waals surface area contributed by atoms with Crippen molar-refractivity contribution < 1.29 is 9.52 Å². The van der Waals surface area contributed by atoms with Crippen molar-refractivity contribution in [1.82, 2.24) is 15.1 Å². The molecule has 1 aromatic heterocycles. The Morgan fingerprint density at radius 2 is 1.89 bits per heavy atom. The second kappa shape index (κ2) is 12.2. The van der Waals surface area contributed by atoms with Crippen LogP contribution in [0.1, 0.15) is 30.3 Å². The zero-order valence-electron chi connectivity index (χ0n) is 15.3. The second-order valence-corrected chi connectivity index (χ2v) is 6.64. The number of nitrogens with two attached hydrogens (primary N) is 1. The van der Waals surface area contributed by atoms with Gasteiger partial charge in [-0.15, -0.1) is 29.9 Å². The molecule has 1 fully saturated rings. The third kappa shape index (κ3) is 7.27. The quantitative estimate of drug-likeness (QED) is 0.605.